The summed E-state index contributed by atoms with van der Waals surface area (Å²) in [6.07, 6.45) is 10.3. The molecule has 2 bridgehead atoms. The molecule has 4 aliphatic carbocycles. The van der Waals surface area contributed by atoms with Gasteiger partial charge in [-0.15, -0.1) is 0 Å². The monoisotopic (exact) mass is 318 g/mol. The lowest BCUT2D eigenvalue weighted by atomic mass is 9.37. The molecule has 0 aromatic heterocycles. The molecule has 3 saturated carbocycles. The van der Waals surface area contributed by atoms with Gasteiger partial charge in [0.15, 0.2) is 5.78 Å². The Morgan fingerprint density at radius 3 is 2.74 bits per heavy atom. The highest BCUT2D eigenvalue weighted by atomic mass is 16.7. The van der Waals surface area contributed by atoms with Crippen molar-refractivity contribution in [3.8, 4) is 0 Å². The number of ketones is 1. The molecule has 3 nitrogen and oxygen atoms in total. The third-order valence-electron chi connectivity index (χ3n) is 8.13. The Labute approximate surface area is 139 Å². The number of methoxy groups -OCH3 is 1. The van der Waals surface area contributed by atoms with Crippen LogP contribution in [-0.2, 0) is 14.3 Å². The summed E-state index contributed by atoms with van der Waals surface area (Å²) in [6.45, 7) is 7.55. The molecule has 6 atom stereocenters. The smallest absolute Gasteiger partial charge is 0.159 e. The van der Waals surface area contributed by atoms with E-state index in [9.17, 15) is 4.79 Å². The maximum Gasteiger partial charge on any atom is 0.159 e. The Morgan fingerprint density at radius 1 is 1.22 bits per heavy atom. The number of ether oxygens (including phenoxy) is 2. The summed E-state index contributed by atoms with van der Waals surface area (Å²) >= 11 is 0. The molecule has 0 unspecified atom stereocenters. The molecule has 3 heteroatoms. The molecule has 0 N–H and O–H groups in total. The summed E-state index contributed by atoms with van der Waals surface area (Å²) in [5.41, 5.74) is 0.533. The second-order valence-electron chi connectivity index (χ2n) is 9.24. The van der Waals surface area contributed by atoms with Gasteiger partial charge in [-0.2, -0.15) is 0 Å². The molecule has 4 rings (SSSR count). The van der Waals surface area contributed by atoms with E-state index in [1.165, 1.54) is 12.8 Å². The lowest BCUT2D eigenvalue weighted by Gasteiger charge is -2.66. The largest absolute Gasteiger partial charge is 0.359 e. The number of rotatable bonds is 3. The molecule has 0 amide bonds. The van der Waals surface area contributed by atoms with Crippen molar-refractivity contribution in [3.63, 3.8) is 0 Å². The van der Waals surface area contributed by atoms with Gasteiger partial charge in [0.2, 0.25) is 0 Å². The molecule has 0 radical (unpaired) electrons. The van der Waals surface area contributed by atoms with Gasteiger partial charge in [-0.3, -0.25) is 4.79 Å². The number of carbonyl (C=O) groups excluding carboxylic acids is 1. The number of hydrogen-bond donors (Lipinski definition) is 0. The van der Waals surface area contributed by atoms with E-state index in [0.717, 1.165) is 19.3 Å². The lowest BCUT2D eigenvalue weighted by Crippen LogP contribution is -2.63. The van der Waals surface area contributed by atoms with Crippen LogP contribution in [0.5, 0.6) is 0 Å². The van der Waals surface area contributed by atoms with Crippen LogP contribution in [0.15, 0.2) is 12.2 Å². The van der Waals surface area contributed by atoms with E-state index in [1.807, 2.05) is 6.08 Å². The molecule has 4 aliphatic rings. The first-order chi connectivity index (χ1) is 10.9. The van der Waals surface area contributed by atoms with Crippen LogP contribution in [0.3, 0.4) is 0 Å². The summed E-state index contributed by atoms with van der Waals surface area (Å²) < 4.78 is 11.2. The average Bonchev–Trinajstić information content (AvgIpc) is 2.85. The summed E-state index contributed by atoms with van der Waals surface area (Å²) in [5.74, 6) is 1.81. The average molecular weight is 318 g/mol. The summed E-state index contributed by atoms with van der Waals surface area (Å²) in [4.78, 5) is 12.6. The highest BCUT2D eigenvalue weighted by molar-refractivity contribution is 5.94. The standard InChI is InChI=1S/C20H30O3/c1-18(2)14-11-19(3)8-5-13-16(23-12-22-4)7-10-20(18,17(13)19)9-6-15(14)21/h6,9,13-14,16-17H,5,7-8,10-12H2,1-4H3/t13-,14-,16+,17-,19+,20+/m1/s1. The Balaban J connectivity index is 1.78. The van der Waals surface area contributed by atoms with Gasteiger partial charge < -0.3 is 9.47 Å². The van der Waals surface area contributed by atoms with Crippen LogP contribution in [-0.4, -0.2) is 25.8 Å². The topological polar surface area (TPSA) is 35.5 Å². The lowest BCUT2D eigenvalue weighted by molar-refractivity contribution is -0.193. The Bertz CT molecular complexity index is 551. The van der Waals surface area contributed by atoms with E-state index >= 15 is 0 Å². The molecule has 0 aliphatic heterocycles. The van der Waals surface area contributed by atoms with Gasteiger partial charge in [0.25, 0.3) is 0 Å². The zero-order valence-electron chi connectivity index (χ0n) is 14.9. The fourth-order valence-corrected chi connectivity index (χ4v) is 7.06. The van der Waals surface area contributed by atoms with Crippen molar-refractivity contribution in [1.29, 1.82) is 0 Å². The molecular weight excluding hydrogens is 288 g/mol. The first kappa shape index (κ1) is 15.8. The number of allylic oxidation sites excluding steroid dienone is 2. The van der Waals surface area contributed by atoms with Gasteiger partial charge >= 0.3 is 0 Å². The minimum absolute atomic E-state index is 0.0673. The fraction of sp³-hybridized carbons (Fsp3) is 0.850. The van der Waals surface area contributed by atoms with E-state index in [0.29, 0.717) is 35.9 Å². The number of carbonyl (C=O) groups is 1. The van der Waals surface area contributed by atoms with Crippen molar-refractivity contribution in [1.82, 2.24) is 0 Å². The second-order valence-corrected chi connectivity index (χ2v) is 9.24. The molecule has 0 heterocycles. The van der Waals surface area contributed by atoms with Gasteiger partial charge in [0.1, 0.15) is 6.79 Å². The van der Waals surface area contributed by atoms with Crippen molar-refractivity contribution in [2.45, 2.75) is 59.0 Å². The van der Waals surface area contributed by atoms with Crippen molar-refractivity contribution in [2.75, 3.05) is 13.9 Å². The molecule has 0 aromatic carbocycles. The highest BCUT2D eigenvalue weighted by Gasteiger charge is 2.70. The van der Waals surface area contributed by atoms with E-state index in [2.05, 4.69) is 26.8 Å². The summed E-state index contributed by atoms with van der Waals surface area (Å²) in [7, 11) is 1.70. The van der Waals surface area contributed by atoms with Crippen LogP contribution >= 0.6 is 0 Å². The molecule has 23 heavy (non-hydrogen) atoms. The van der Waals surface area contributed by atoms with Crippen LogP contribution in [0.1, 0.15) is 52.9 Å². The van der Waals surface area contributed by atoms with E-state index in [-0.39, 0.29) is 16.7 Å². The zero-order chi connectivity index (χ0) is 16.5. The Hall–Kier alpha value is -0.670. The van der Waals surface area contributed by atoms with Gasteiger partial charge in [-0.05, 0) is 66.3 Å². The molecular formula is C20H30O3. The van der Waals surface area contributed by atoms with Crippen molar-refractivity contribution < 1.29 is 14.3 Å². The number of fused-ring (bicyclic) bond motifs is 1. The van der Waals surface area contributed by atoms with E-state index in [4.69, 9.17) is 9.47 Å². The third-order valence-corrected chi connectivity index (χ3v) is 8.13. The molecule has 3 fully saturated rings. The predicted molar refractivity (Wildman–Crippen MR) is 88.8 cm³/mol. The maximum atomic E-state index is 12.6. The van der Waals surface area contributed by atoms with Gasteiger partial charge in [-0.25, -0.2) is 0 Å². The first-order valence-electron chi connectivity index (χ1n) is 9.19. The quantitative estimate of drug-likeness (QED) is 0.739. The Morgan fingerprint density at radius 2 is 2.00 bits per heavy atom. The Kier molecular flexibility index (Phi) is 3.39. The fourth-order valence-electron chi connectivity index (χ4n) is 7.06. The minimum Gasteiger partial charge on any atom is -0.359 e. The normalized spacial score (nSPS) is 50.0. The highest BCUT2D eigenvalue weighted by Crippen LogP contribution is 2.74. The molecule has 128 valence electrons. The van der Waals surface area contributed by atoms with Crippen molar-refractivity contribution in [2.24, 2.45) is 34.0 Å². The van der Waals surface area contributed by atoms with Crippen LogP contribution in [0.4, 0.5) is 0 Å². The van der Waals surface area contributed by atoms with Crippen molar-refractivity contribution in [3.05, 3.63) is 12.2 Å². The van der Waals surface area contributed by atoms with Crippen LogP contribution in [0, 0.1) is 34.0 Å². The molecule has 1 spiro atoms. The summed E-state index contributed by atoms with van der Waals surface area (Å²) in [5, 5.41) is 0. The number of hydrogen-bond acceptors (Lipinski definition) is 3. The van der Waals surface area contributed by atoms with Crippen LogP contribution in [0.25, 0.3) is 0 Å². The second kappa shape index (κ2) is 4.92. The maximum absolute atomic E-state index is 12.6. The molecule has 0 aromatic rings. The molecule has 0 saturated heterocycles. The van der Waals surface area contributed by atoms with E-state index in [1.54, 1.807) is 7.11 Å². The van der Waals surface area contributed by atoms with Crippen molar-refractivity contribution >= 4 is 5.78 Å². The third kappa shape index (κ3) is 1.87. The predicted octanol–water partition coefficient (Wildman–Crippen LogP) is 3.97. The van der Waals surface area contributed by atoms with Gasteiger partial charge in [0.05, 0.1) is 6.10 Å². The van der Waals surface area contributed by atoms with Crippen LogP contribution in [0.2, 0.25) is 0 Å². The SMILES string of the molecule is COCO[C@H]1CC[C@@]23C=CC(=O)[C@@H](C[C@]4(C)CC[C@H]1[C@H]42)C3(C)C. The van der Waals surface area contributed by atoms with E-state index < -0.39 is 0 Å². The summed E-state index contributed by atoms with van der Waals surface area (Å²) in [6, 6.07) is 0. The van der Waals surface area contributed by atoms with Gasteiger partial charge in [0, 0.05) is 13.0 Å². The first-order valence-corrected chi connectivity index (χ1v) is 9.19. The zero-order valence-corrected chi connectivity index (χ0v) is 14.9. The van der Waals surface area contributed by atoms with Crippen LogP contribution < -0.4 is 0 Å². The minimum atomic E-state index is 0.0673. The van der Waals surface area contributed by atoms with Gasteiger partial charge in [-0.1, -0.05) is 26.8 Å².